The number of fused-ring (bicyclic) bond motifs is 4. The van der Waals surface area contributed by atoms with Gasteiger partial charge in [-0.2, -0.15) is 0 Å². The van der Waals surface area contributed by atoms with E-state index >= 15 is 0 Å². The number of carbonyl (C=O) groups excluding carboxylic acids is 1. The van der Waals surface area contributed by atoms with Crippen molar-refractivity contribution in [3.63, 3.8) is 0 Å². The average Bonchev–Trinajstić information content (AvgIpc) is 3.62. The molecule has 1 fully saturated rings. The van der Waals surface area contributed by atoms with E-state index < -0.39 is 17.1 Å². The molecule has 1 aliphatic heterocycles. The van der Waals surface area contributed by atoms with Crippen LogP contribution in [0.1, 0.15) is 29.9 Å². The maximum Gasteiger partial charge on any atom is 0.410 e. The second-order valence-corrected chi connectivity index (χ2v) is 9.34. The zero-order valence-corrected chi connectivity index (χ0v) is 19.9. The molecule has 0 saturated carbocycles. The van der Waals surface area contributed by atoms with E-state index in [1.807, 2.05) is 24.3 Å². The van der Waals surface area contributed by atoms with Crippen LogP contribution in [0.5, 0.6) is 0 Å². The van der Waals surface area contributed by atoms with Crippen molar-refractivity contribution in [1.29, 1.82) is 0 Å². The molecule has 4 aromatic rings. The van der Waals surface area contributed by atoms with Crippen LogP contribution in [0.4, 0.5) is 10.5 Å². The van der Waals surface area contributed by atoms with E-state index in [0.717, 1.165) is 17.5 Å². The lowest BCUT2D eigenvalue weighted by atomic mass is 9.98. The molecule has 1 aliphatic carbocycles. The summed E-state index contributed by atoms with van der Waals surface area (Å²) in [6.07, 6.45) is 0.985. The van der Waals surface area contributed by atoms with Gasteiger partial charge in [0.2, 0.25) is 0 Å². The van der Waals surface area contributed by atoms with Gasteiger partial charge in [-0.3, -0.25) is 15.0 Å². The van der Waals surface area contributed by atoms with Gasteiger partial charge < -0.3 is 4.74 Å². The Bertz CT molecular complexity index is 1490. The number of aromatic nitrogens is 3. The van der Waals surface area contributed by atoms with Gasteiger partial charge in [0.1, 0.15) is 22.6 Å². The fraction of sp³-hybridized carbons (Fsp3) is 0.231. The highest BCUT2D eigenvalue weighted by Gasteiger charge is 2.36. The number of ether oxygens (including phenoxy) is 1. The molecule has 180 valence electrons. The van der Waals surface area contributed by atoms with E-state index in [1.54, 1.807) is 4.90 Å². The Morgan fingerprint density at radius 2 is 1.78 bits per heavy atom. The van der Waals surface area contributed by atoms with Crippen LogP contribution in [0.3, 0.4) is 0 Å². The van der Waals surface area contributed by atoms with Gasteiger partial charge in [-0.15, -0.1) is 5.10 Å². The number of hydrogen-bond donors (Lipinski definition) is 0. The minimum Gasteiger partial charge on any atom is -0.448 e. The van der Waals surface area contributed by atoms with Crippen LogP contribution in [-0.2, 0) is 4.74 Å². The van der Waals surface area contributed by atoms with E-state index in [9.17, 15) is 14.9 Å². The molecule has 2 heterocycles. The predicted octanol–water partition coefficient (Wildman–Crippen LogP) is 4.93. The van der Waals surface area contributed by atoms with E-state index in [2.05, 4.69) is 34.6 Å². The van der Waals surface area contributed by atoms with E-state index in [4.69, 9.17) is 17.0 Å². The van der Waals surface area contributed by atoms with Crippen molar-refractivity contribution in [2.45, 2.75) is 24.8 Å². The molecule has 1 saturated heterocycles. The van der Waals surface area contributed by atoms with Gasteiger partial charge in [0.25, 0.3) is 5.69 Å². The van der Waals surface area contributed by atoms with Crippen LogP contribution in [0.15, 0.2) is 66.7 Å². The molecule has 0 spiro atoms. The summed E-state index contributed by atoms with van der Waals surface area (Å²) in [6, 6.07) is 20.3. The molecule has 1 aromatic heterocycles. The first kappa shape index (κ1) is 22.3. The van der Waals surface area contributed by atoms with Crippen molar-refractivity contribution < 1.29 is 14.5 Å². The van der Waals surface area contributed by atoms with Gasteiger partial charge in [-0.05, 0) is 41.2 Å². The summed E-state index contributed by atoms with van der Waals surface area (Å²) in [4.78, 5) is 26.0. The summed E-state index contributed by atoms with van der Waals surface area (Å²) >= 11 is 5.70. The van der Waals surface area contributed by atoms with Crippen LogP contribution in [0.2, 0.25) is 0 Å². The van der Waals surface area contributed by atoms with Crippen molar-refractivity contribution in [2.24, 2.45) is 0 Å². The molecule has 0 unspecified atom stereocenters. The highest BCUT2D eigenvalue weighted by atomic mass is 32.1. The third-order valence-electron chi connectivity index (χ3n) is 6.96. The van der Waals surface area contributed by atoms with Gasteiger partial charge in [0.05, 0.1) is 11.0 Å². The molecule has 1 amide bonds. The molecule has 1 atom stereocenters. The third kappa shape index (κ3) is 3.61. The van der Waals surface area contributed by atoms with Crippen LogP contribution >= 0.6 is 12.2 Å². The monoisotopic (exact) mass is 499 g/mol. The standard InChI is InChI=1S/C26H21N5O4S/c32-26(35-15-21-19-8-3-1-6-17(19)18-7-2-4-9-20(18)21)29-13-5-10-23(29)25(36)30-24-14-16(31(33)34)11-12-22(24)27-28-30/h1-4,6-9,11-12,14,21,23H,5,10,13,15H2/t23-/m0/s1. The Morgan fingerprint density at radius 1 is 1.08 bits per heavy atom. The van der Waals surface area contributed by atoms with Crippen molar-refractivity contribution in [3.8, 4) is 11.1 Å². The lowest BCUT2D eigenvalue weighted by Crippen LogP contribution is -2.43. The lowest BCUT2D eigenvalue weighted by Gasteiger charge is -2.25. The topological polar surface area (TPSA) is 103 Å². The van der Waals surface area contributed by atoms with Crippen LogP contribution in [0.25, 0.3) is 22.2 Å². The first-order valence-electron chi connectivity index (χ1n) is 11.7. The van der Waals surface area contributed by atoms with E-state index in [1.165, 1.54) is 34.0 Å². The Morgan fingerprint density at radius 3 is 2.47 bits per heavy atom. The number of nitrogens with zero attached hydrogens (tertiary/aromatic N) is 5. The smallest absolute Gasteiger partial charge is 0.410 e. The molecule has 3 aromatic carbocycles. The maximum atomic E-state index is 13.2. The predicted molar refractivity (Wildman–Crippen MR) is 137 cm³/mol. The van der Waals surface area contributed by atoms with Crippen molar-refractivity contribution >= 4 is 40.0 Å². The molecule has 0 radical (unpaired) electrons. The molecular formula is C26H21N5O4S. The van der Waals surface area contributed by atoms with E-state index in [-0.39, 0.29) is 18.2 Å². The minimum absolute atomic E-state index is 0.0332. The highest BCUT2D eigenvalue weighted by molar-refractivity contribution is 7.80. The summed E-state index contributed by atoms with van der Waals surface area (Å²) in [7, 11) is 0. The largest absolute Gasteiger partial charge is 0.448 e. The lowest BCUT2D eigenvalue weighted by molar-refractivity contribution is -0.384. The van der Waals surface area contributed by atoms with Gasteiger partial charge in [-0.1, -0.05) is 66.0 Å². The zero-order valence-electron chi connectivity index (χ0n) is 19.1. The number of rotatable bonds is 4. The van der Waals surface area contributed by atoms with Gasteiger partial charge in [0, 0.05) is 24.6 Å². The molecule has 9 nitrogen and oxygen atoms in total. The first-order chi connectivity index (χ1) is 17.5. The Labute approximate surface area is 211 Å². The molecular weight excluding hydrogens is 478 g/mol. The maximum absolute atomic E-state index is 13.2. The Kier molecular flexibility index (Phi) is 5.45. The van der Waals surface area contributed by atoms with Crippen LogP contribution in [-0.4, -0.2) is 55.1 Å². The average molecular weight is 500 g/mol. The quantitative estimate of drug-likeness (QED) is 0.223. The summed E-state index contributed by atoms with van der Waals surface area (Å²) in [6.45, 7) is 0.732. The summed E-state index contributed by atoms with van der Waals surface area (Å²) in [5.41, 5.74) is 5.49. The normalized spacial score (nSPS) is 16.7. The number of thiocarbonyl (C=S) groups is 1. The summed E-state index contributed by atoms with van der Waals surface area (Å²) in [5, 5.41) is 19.4. The van der Waals surface area contributed by atoms with Crippen molar-refractivity contribution in [1.82, 2.24) is 19.9 Å². The highest BCUT2D eigenvalue weighted by Crippen LogP contribution is 2.44. The molecule has 2 aliphatic rings. The second kappa shape index (κ2) is 8.80. The number of amides is 1. The number of likely N-dealkylation sites (tertiary alicyclic amines) is 1. The number of benzene rings is 3. The van der Waals surface area contributed by atoms with Crippen molar-refractivity contribution in [2.75, 3.05) is 13.2 Å². The summed E-state index contributed by atoms with van der Waals surface area (Å²) < 4.78 is 7.27. The van der Waals surface area contributed by atoms with E-state index in [0.29, 0.717) is 29.0 Å². The number of nitro benzene ring substituents is 1. The van der Waals surface area contributed by atoms with Crippen LogP contribution in [0, 0.1) is 10.1 Å². The summed E-state index contributed by atoms with van der Waals surface area (Å²) in [5.74, 6) is -0.0332. The Hall–Kier alpha value is -4.18. The first-order valence-corrected chi connectivity index (χ1v) is 12.1. The molecule has 0 bridgehead atoms. The molecule has 6 rings (SSSR count). The van der Waals surface area contributed by atoms with Gasteiger partial charge >= 0.3 is 6.09 Å². The fourth-order valence-electron chi connectivity index (χ4n) is 5.24. The van der Waals surface area contributed by atoms with Crippen molar-refractivity contribution in [3.05, 3.63) is 88.0 Å². The van der Waals surface area contributed by atoms with Gasteiger partial charge in [-0.25, -0.2) is 9.48 Å². The zero-order chi connectivity index (χ0) is 24.8. The third-order valence-corrected chi connectivity index (χ3v) is 7.40. The number of non-ortho nitro benzene ring substituents is 1. The molecule has 36 heavy (non-hydrogen) atoms. The van der Waals surface area contributed by atoms with Gasteiger partial charge in [0.15, 0.2) is 0 Å². The fourth-order valence-corrected chi connectivity index (χ4v) is 5.62. The minimum atomic E-state index is -0.474. The number of nitro groups is 1. The number of hydrogen-bond acceptors (Lipinski definition) is 7. The van der Waals surface area contributed by atoms with Crippen LogP contribution < -0.4 is 0 Å². The number of carbonyl (C=O) groups is 1. The molecule has 10 heteroatoms. The SMILES string of the molecule is O=C(OCC1c2ccccc2-c2ccccc21)N1CCC[C@H]1C(=S)n1nnc2ccc([N+](=O)[O-])cc21. The Balaban J connectivity index is 1.21. The molecule has 0 N–H and O–H groups in total. The second-order valence-electron chi connectivity index (χ2n) is 8.93.